The van der Waals surface area contributed by atoms with Crippen molar-refractivity contribution < 1.29 is 13.5 Å². The second-order valence-electron chi connectivity index (χ2n) is 3.71. The van der Waals surface area contributed by atoms with Crippen molar-refractivity contribution in [1.82, 2.24) is 4.98 Å². The summed E-state index contributed by atoms with van der Waals surface area (Å²) in [6.07, 6.45) is 1.56. The molecule has 6 heteroatoms. The zero-order valence-electron chi connectivity index (χ0n) is 9.38. The van der Waals surface area contributed by atoms with Crippen LogP contribution in [-0.4, -0.2) is 4.98 Å². The lowest BCUT2D eigenvalue weighted by Crippen LogP contribution is -1.97. The minimum Gasteiger partial charge on any atom is -0.435 e. The fraction of sp³-hybridized carbons (Fsp3) is 0.0833. The number of nitrogen functional groups attached to an aromatic ring is 1. The molecule has 0 spiro atoms. The van der Waals surface area contributed by atoms with Gasteiger partial charge in [0.15, 0.2) is 11.6 Å². The molecule has 0 aliphatic carbocycles. The van der Waals surface area contributed by atoms with Crippen molar-refractivity contribution in [3.8, 4) is 11.6 Å². The summed E-state index contributed by atoms with van der Waals surface area (Å²) in [5, 5.41) is 0. The normalized spacial score (nSPS) is 10.4. The quantitative estimate of drug-likeness (QED) is 0.858. The largest absolute Gasteiger partial charge is 0.435 e. The standard InChI is InChI=1S/C12H9BrF2N2O/c1-6-2-7(13)12(17-5-6)18-11-4-8(14)10(16)3-9(11)15/h2-5H,16H2,1H3. The molecule has 0 atom stereocenters. The van der Waals surface area contributed by atoms with Crippen molar-refractivity contribution >= 4 is 21.6 Å². The van der Waals surface area contributed by atoms with E-state index in [-0.39, 0.29) is 17.3 Å². The molecule has 0 bridgehead atoms. The SMILES string of the molecule is Cc1cnc(Oc2cc(F)c(N)cc2F)c(Br)c1. The van der Waals surface area contributed by atoms with Crippen LogP contribution in [0, 0.1) is 18.6 Å². The van der Waals surface area contributed by atoms with Crippen molar-refractivity contribution in [2.75, 3.05) is 5.73 Å². The van der Waals surface area contributed by atoms with Crippen LogP contribution in [0.15, 0.2) is 28.9 Å². The smallest absolute Gasteiger partial charge is 0.233 e. The van der Waals surface area contributed by atoms with Gasteiger partial charge < -0.3 is 10.5 Å². The van der Waals surface area contributed by atoms with Gasteiger partial charge in [0, 0.05) is 18.3 Å². The third-order valence-electron chi connectivity index (χ3n) is 2.20. The molecular formula is C12H9BrF2N2O. The molecule has 94 valence electrons. The summed E-state index contributed by atoms with van der Waals surface area (Å²) in [5.41, 5.74) is 5.88. The minimum atomic E-state index is -0.747. The molecule has 0 amide bonds. The number of rotatable bonds is 2. The second-order valence-corrected chi connectivity index (χ2v) is 4.56. The fourth-order valence-electron chi connectivity index (χ4n) is 1.32. The van der Waals surface area contributed by atoms with E-state index in [2.05, 4.69) is 20.9 Å². The molecule has 2 N–H and O–H groups in total. The Kier molecular flexibility index (Phi) is 3.47. The average molecular weight is 315 g/mol. The summed E-state index contributed by atoms with van der Waals surface area (Å²) < 4.78 is 32.5. The van der Waals surface area contributed by atoms with E-state index >= 15 is 0 Å². The Morgan fingerprint density at radius 3 is 2.61 bits per heavy atom. The van der Waals surface area contributed by atoms with Crippen LogP contribution in [0.3, 0.4) is 0 Å². The van der Waals surface area contributed by atoms with Crippen molar-refractivity contribution in [3.63, 3.8) is 0 Å². The predicted octanol–water partition coefficient (Wildman–Crippen LogP) is 3.81. The summed E-state index contributed by atoms with van der Waals surface area (Å²) >= 11 is 3.23. The Labute approximate surface area is 111 Å². The van der Waals surface area contributed by atoms with Crippen molar-refractivity contribution in [2.45, 2.75) is 6.92 Å². The molecule has 1 aromatic carbocycles. The van der Waals surface area contributed by atoms with Gasteiger partial charge in [-0.15, -0.1) is 0 Å². The molecule has 18 heavy (non-hydrogen) atoms. The zero-order chi connectivity index (χ0) is 13.3. The highest BCUT2D eigenvalue weighted by molar-refractivity contribution is 9.10. The van der Waals surface area contributed by atoms with Crippen molar-refractivity contribution in [3.05, 3.63) is 46.1 Å². The highest BCUT2D eigenvalue weighted by Gasteiger charge is 2.12. The van der Waals surface area contributed by atoms with E-state index in [1.54, 1.807) is 12.3 Å². The van der Waals surface area contributed by atoms with Crippen LogP contribution in [0.1, 0.15) is 5.56 Å². The molecular weight excluding hydrogens is 306 g/mol. The van der Waals surface area contributed by atoms with Crippen LogP contribution < -0.4 is 10.5 Å². The lowest BCUT2D eigenvalue weighted by Gasteiger charge is -2.09. The first-order valence-electron chi connectivity index (χ1n) is 5.02. The van der Waals surface area contributed by atoms with Crippen molar-refractivity contribution in [2.24, 2.45) is 0 Å². The number of hydrogen-bond donors (Lipinski definition) is 1. The minimum absolute atomic E-state index is 0.156. The molecule has 0 saturated heterocycles. The van der Waals surface area contributed by atoms with E-state index in [0.717, 1.165) is 17.7 Å². The number of hydrogen-bond acceptors (Lipinski definition) is 3. The molecule has 0 unspecified atom stereocenters. The van der Waals surface area contributed by atoms with Gasteiger partial charge in [0.1, 0.15) is 5.82 Å². The van der Waals surface area contributed by atoms with Gasteiger partial charge in [-0.05, 0) is 34.5 Å². The third-order valence-corrected chi connectivity index (χ3v) is 2.77. The molecule has 0 aliphatic heterocycles. The van der Waals surface area contributed by atoms with Crippen LogP contribution in [0.5, 0.6) is 11.6 Å². The monoisotopic (exact) mass is 314 g/mol. The Bertz CT molecular complexity index is 605. The van der Waals surface area contributed by atoms with Crippen LogP contribution in [0.4, 0.5) is 14.5 Å². The first-order chi connectivity index (χ1) is 8.47. The van der Waals surface area contributed by atoms with E-state index in [4.69, 9.17) is 10.5 Å². The molecule has 0 aliphatic rings. The van der Waals surface area contributed by atoms with E-state index in [1.165, 1.54) is 0 Å². The molecule has 2 rings (SSSR count). The summed E-state index contributed by atoms with van der Waals surface area (Å²) in [6, 6.07) is 3.51. The van der Waals surface area contributed by atoms with Gasteiger partial charge in [0.25, 0.3) is 0 Å². The summed E-state index contributed by atoms with van der Waals surface area (Å²) in [7, 11) is 0. The van der Waals surface area contributed by atoms with Gasteiger partial charge in [-0.3, -0.25) is 0 Å². The lowest BCUT2D eigenvalue weighted by molar-refractivity contribution is 0.420. The van der Waals surface area contributed by atoms with Gasteiger partial charge in [-0.25, -0.2) is 13.8 Å². The number of aromatic nitrogens is 1. The summed E-state index contributed by atoms with van der Waals surface area (Å²) in [5.74, 6) is -1.60. The maximum Gasteiger partial charge on any atom is 0.233 e. The lowest BCUT2D eigenvalue weighted by atomic mass is 10.3. The van der Waals surface area contributed by atoms with E-state index in [0.29, 0.717) is 4.47 Å². The molecule has 2 aromatic rings. The molecule has 3 nitrogen and oxygen atoms in total. The first-order valence-corrected chi connectivity index (χ1v) is 5.81. The maximum atomic E-state index is 13.5. The van der Waals surface area contributed by atoms with Crippen LogP contribution >= 0.6 is 15.9 Å². The number of halogens is 3. The number of anilines is 1. The fourth-order valence-corrected chi connectivity index (χ4v) is 1.87. The van der Waals surface area contributed by atoms with Gasteiger partial charge in [0.2, 0.25) is 5.88 Å². The van der Waals surface area contributed by atoms with Crippen LogP contribution in [0.2, 0.25) is 0 Å². The zero-order valence-corrected chi connectivity index (χ0v) is 11.0. The Morgan fingerprint density at radius 2 is 1.94 bits per heavy atom. The van der Waals surface area contributed by atoms with Crippen LogP contribution in [-0.2, 0) is 0 Å². The number of nitrogens with zero attached hydrogens (tertiary/aromatic N) is 1. The van der Waals surface area contributed by atoms with E-state index in [1.807, 2.05) is 6.92 Å². The second kappa shape index (κ2) is 4.89. The number of nitrogens with two attached hydrogens (primary N) is 1. The Morgan fingerprint density at radius 1 is 1.22 bits per heavy atom. The molecule has 0 saturated carbocycles. The van der Waals surface area contributed by atoms with Gasteiger partial charge in [-0.2, -0.15) is 0 Å². The number of aryl methyl sites for hydroxylation is 1. The third kappa shape index (κ3) is 2.59. The predicted molar refractivity (Wildman–Crippen MR) is 67.5 cm³/mol. The van der Waals surface area contributed by atoms with Gasteiger partial charge in [-0.1, -0.05) is 0 Å². The maximum absolute atomic E-state index is 13.5. The number of pyridine rings is 1. The number of benzene rings is 1. The van der Waals surface area contributed by atoms with Gasteiger partial charge >= 0.3 is 0 Å². The van der Waals surface area contributed by atoms with Gasteiger partial charge in [0.05, 0.1) is 10.2 Å². The van der Waals surface area contributed by atoms with Crippen LogP contribution in [0.25, 0.3) is 0 Å². The van der Waals surface area contributed by atoms with Crippen molar-refractivity contribution in [1.29, 1.82) is 0 Å². The topological polar surface area (TPSA) is 48.1 Å². The molecule has 0 fully saturated rings. The van der Waals surface area contributed by atoms with E-state index < -0.39 is 11.6 Å². The molecule has 0 radical (unpaired) electrons. The Hall–Kier alpha value is -1.69. The van der Waals surface area contributed by atoms with E-state index in [9.17, 15) is 8.78 Å². The number of ether oxygens (including phenoxy) is 1. The summed E-state index contributed by atoms with van der Waals surface area (Å²) in [4.78, 5) is 3.98. The highest BCUT2D eigenvalue weighted by atomic mass is 79.9. The first kappa shape index (κ1) is 12.8. The average Bonchev–Trinajstić information content (AvgIpc) is 2.29. The molecule has 1 heterocycles. The molecule has 1 aromatic heterocycles. The Balaban J connectivity index is 2.37. The summed E-state index contributed by atoms with van der Waals surface area (Å²) in [6.45, 7) is 1.85. The highest BCUT2D eigenvalue weighted by Crippen LogP contribution is 2.31.